The average Bonchev–Trinajstić information content (AvgIpc) is 2.36. The standard InChI is InChI=1S/C10H9N3O5/c1-18-10(15)8(12)9(14)5-3-2-4-6(7(5)11)13(16)17/h2-4,12H,11H2,1H3. The molecule has 0 fully saturated rings. The molecule has 1 aromatic carbocycles. The topological polar surface area (TPSA) is 136 Å². The number of nitrogens with two attached hydrogens (primary N) is 1. The first-order valence-electron chi connectivity index (χ1n) is 4.64. The van der Waals surface area contributed by atoms with Crippen molar-refractivity contribution in [2.24, 2.45) is 0 Å². The normalized spacial score (nSPS) is 9.61. The minimum absolute atomic E-state index is 0.278. The third kappa shape index (κ3) is 2.32. The maximum Gasteiger partial charge on any atom is 0.360 e. The lowest BCUT2D eigenvalue weighted by Crippen LogP contribution is -2.25. The van der Waals surface area contributed by atoms with Crippen LogP contribution >= 0.6 is 0 Å². The number of para-hydroxylation sites is 1. The van der Waals surface area contributed by atoms with Crippen LogP contribution in [-0.4, -0.2) is 29.5 Å². The molecule has 0 aromatic heterocycles. The second-order valence-corrected chi connectivity index (χ2v) is 3.19. The number of ether oxygens (including phenoxy) is 1. The van der Waals surface area contributed by atoms with E-state index in [2.05, 4.69) is 4.74 Å². The van der Waals surface area contributed by atoms with Crippen molar-refractivity contribution < 1.29 is 19.2 Å². The van der Waals surface area contributed by atoms with Crippen LogP contribution in [0.4, 0.5) is 11.4 Å². The number of benzene rings is 1. The fraction of sp³-hybridized carbons (Fsp3) is 0.100. The van der Waals surface area contributed by atoms with Crippen LogP contribution in [0, 0.1) is 15.5 Å². The molecule has 0 saturated heterocycles. The number of anilines is 1. The van der Waals surface area contributed by atoms with E-state index in [-0.39, 0.29) is 11.3 Å². The molecule has 0 atom stereocenters. The second-order valence-electron chi connectivity index (χ2n) is 3.19. The molecule has 0 radical (unpaired) electrons. The molecule has 8 heteroatoms. The first-order chi connectivity index (χ1) is 8.40. The summed E-state index contributed by atoms with van der Waals surface area (Å²) in [6.45, 7) is 0. The number of nitro benzene ring substituents is 1. The van der Waals surface area contributed by atoms with Gasteiger partial charge < -0.3 is 10.5 Å². The number of esters is 1. The lowest BCUT2D eigenvalue weighted by molar-refractivity contribution is -0.383. The summed E-state index contributed by atoms with van der Waals surface area (Å²) in [5, 5.41) is 17.9. The fourth-order valence-electron chi connectivity index (χ4n) is 1.24. The number of rotatable bonds is 4. The molecule has 0 aliphatic heterocycles. The molecular formula is C10H9N3O5. The molecular weight excluding hydrogens is 242 g/mol. The van der Waals surface area contributed by atoms with Crippen molar-refractivity contribution in [3.8, 4) is 0 Å². The Bertz CT molecular complexity index is 552. The molecule has 0 unspecified atom stereocenters. The van der Waals surface area contributed by atoms with E-state index in [1.54, 1.807) is 0 Å². The quantitative estimate of drug-likeness (QED) is 0.152. The molecule has 18 heavy (non-hydrogen) atoms. The van der Waals surface area contributed by atoms with Crippen LogP contribution in [0.3, 0.4) is 0 Å². The number of Topliss-reactive ketones (excluding diaryl/α,β-unsaturated/α-hetero) is 1. The Kier molecular flexibility index (Phi) is 3.72. The van der Waals surface area contributed by atoms with Crippen molar-refractivity contribution in [3.05, 3.63) is 33.9 Å². The van der Waals surface area contributed by atoms with E-state index >= 15 is 0 Å². The zero-order valence-electron chi connectivity index (χ0n) is 9.30. The van der Waals surface area contributed by atoms with Crippen molar-refractivity contribution in [1.29, 1.82) is 5.41 Å². The molecule has 1 aromatic rings. The fourth-order valence-corrected chi connectivity index (χ4v) is 1.24. The van der Waals surface area contributed by atoms with Crippen LogP contribution in [0.5, 0.6) is 0 Å². The smallest absolute Gasteiger partial charge is 0.360 e. The van der Waals surface area contributed by atoms with E-state index in [0.717, 1.165) is 13.2 Å². The summed E-state index contributed by atoms with van der Waals surface area (Å²) >= 11 is 0. The molecule has 1 rings (SSSR count). The number of nitrogens with zero attached hydrogens (tertiary/aromatic N) is 1. The van der Waals surface area contributed by atoms with Gasteiger partial charge in [-0.25, -0.2) is 4.79 Å². The van der Waals surface area contributed by atoms with Gasteiger partial charge in [0.1, 0.15) is 5.69 Å². The SMILES string of the molecule is COC(=O)C(=N)C(=O)c1cccc([N+](=O)[O-])c1N. The Labute approximate surface area is 101 Å². The number of carbonyl (C=O) groups excluding carboxylic acids is 2. The Hall–Kier alpha value is -2.77. The molecule has 0 aliphatic rings. The highest BCUT2D eigenvalue weighted by molar-refractivity contribution is 6.67. The Morgan fingerprint density at radius 1 is 1.44 bits per heavy atom. The summed E-state index contributed by atoms with van der Waals surface area (Å²) in [4.78, 5) is 32.6. The van der Waals surface area contributed by atoms with Crippen LogP contribution in [0.25, 0.3) is 0 Å². The maximum atomic E-state index is 11.7. The van der Waals surface area contributed by atoms with Crippen LogP contribution in [0.15, 0.2) is 18.2 Å². The van der Waals surface area contributed by atoms with Crippen molar-refractivity contribution >= 4 is 28.8 Å². The second kappa shape index (κ2) is 5.04. The van der Waals surface area contributed by atoms with Gasteiger partial charge >= 0.3 is 5.97 Å². The van der Waals surface area contributed by atoms with Crippen LogP contribution in [-0.2, 0) is 9.53 Å². The van der Waals surface area contributed by atoms with Gasteiger partial charge in [0, 0.05) is 6.07 Å². The van der Waals surface area contributed by atoms with Gasteiger partial charge in [0.15, 0.2) is 5.71 Å². The first kappa shape index (κ1) is 13.3. The third-order valence-electron chi connectivity index (χ3n) is 2.14. The molecule has 0 amide bonds. The van der Waals surface area contributed by atoms with E-state index in [0.29, 0.717) is 0 Å². The Balaban J connectivity index is 3.23. The molecule has 0 aliphatic carbocycles. The molecule has 0 saturated carbocycles. The van der Waals surface area contributed by atoms with Crippen molar-refractivity contribution in [2.45, 2.75) is 0 Å². The lowest BCUT2D eigenvalue weighted by atomic mass is 10.0. The predicted molar refractivity (Wildman–Crippen MR) is 61.6 cm³/mol. The monoisotopic (exact) mass is 251 g/mol. The minimum atomic E-state index is -1.13. The van der Waals surface area contributed by atoms with Crippen molar-refractivity contribution in [1.82, 2.24) is 0 Å². The highest BCUT2D eigenvalue weighted by Gasteiger charge is 2.25. The van der Waals surface area contributed by atoms with Gasteiger partial charge in [-0.05, 0) is 6.07 Å². The van der Waals surface area contributed by atoms with E-state index < -0.39 is 28.1 Å². The highest BCUT2D eigenvalue weighted by atomic mass is 16.6. The van der Waals surface area contributed by atoms with Gasteiger partial charge in [-0.15, -0.1) is 0 Å². The summed E-state index contributed by atoms with van der Waals surface area (Å²) in [6, 6.07) is 3.56. The number of nitrogen functional groups attached to an aromatic ring is 1. The zero-order chi connectivity index (χ0) is 13.9. The summed E-state index contributed by atoms with van der Waals surface area (Å²) in [5.74, 6) is -2.16. The minimum Gasteiger partial charge on any atom is -0.464 e. The number of hydrogen-bond acceptors (Lipinski definition) is 7. The van der Waals surface area contributed by atoms with E-state index in [9.17, 15) is 19.7 Å². The zero-order valence-corrected chi connectivity index (χ0v) is 9.30. The first-order valence-corrected chi connectivity index (χ1v) is 4.64. The number of nitro groups is 1. The van der Waals surface area contributed by atoms with Crippen LogP contribution in [0.2, 0.25) is 0 Å². The number of ketones is 1. The van der Waals surface area contributed by atoms with Gasteiger partial charge in [0.2, 0.25) is 5.78 Å². The van der Waals surface area contributed by atoms with E-state index in [1.807, 2.05) is 0 Å². The van der Waals surface area contributed by atoms with Gasteiger partial charge in [-0.3, -0.25) is 20.3 Å². The van der Waals surface area contributed by atoms with Crippen molar-refractivity contribution in [2.75, 3.05) is 12.8 Å². The molecule has 0 spiro atoms. The average molecular weight is 251 g/mol. The Morgan fingerprint density at radius 2 is 2.06 bits per heavy atom. The number of methoxy groups -OCH3 is 1. The van der Waals surface area contributed by atoms with Gasteiger partial charge in [-0.2, -0.15) is 0 Å². The number of carbonyl (C=O) groups is 2. The summed E-state index contributed by atoms with van der Waals surface area (Å²) in [5.41, 5.74) is 3.39. The van der Waals surface area contributed by atoms with Crippen LogP contribution in [0.1, 0.15) is 10.4 Å². The largest absolute Gasteiger partial charge is 0.464 e. The number of hydrogen-bond donors (Lipinski definition) is 2. The summed E-state index contributed by atoms with van der Waals surface area (Å²) in [6.07, 6.45) is 0. The lowest BCUT2D eigenvalue weighted by Gasteiger charge is -2.05. The van der Waals surface area contributed by atoms with E-state index in [1.165, 1.54) is 12.1 Å². The molecule has 94 valence electrons. The van der Waals surface area contributed by atoms with Gasteiger partial charge in [0.25, 0.3) is 5.69 Å². The number of nitrogens with one attached hydrogen (secondary N) is 1. The molecule has 3 N–H and O–H groups in total. The van der Waals surface area contributed by atoms with Gasteiger partial charge in [0.05, 0.1) is 17.6 Å². The van der Waals surface area contributed by atoms with Crippen LogP contribution < -0.4 is 5.73 Å². The highest BCUT2D eigenvalue weighted by Crippen LogP contribution is 2.25. The van der Waals surface area contributed by atoms with Gasteiger partial charge in [-0.1, -0.05) is 6.07 Å². The maximum absolute atomic E-state index is 11.7. The molecule has 8 nitrogen and oxygen atoms in total. The molecule has 0 heterocycles. The van der Waals surface area contributed by atoms with E-state index in [4.69, 9.17) is 11.1 Å². The van der Waals surface area contributed by atoms with Crippen molar-refractivity contribution in [3.63, 3.8) is 0 Å². The predicted octanol–water partition coefficient (Wildman–Crippen LogP) is 0.552. The molecule has 0 bridgehead atoms. The summed E-state index contributed by atoms with van der Waals surface area (Å²) in [7, 11) is 1.01. The third-order valence-corrected chi connectivity index (χ3v) is 2.14. The Morgan fingerprint density at radius 3 is 2.56 bits per heavy atom. The summed E-state index contributed by atoms with van der Waals surface area (Å²) < 4.78 is 4.21.